The number of aliphatic hydroxyl groups is 1. The first-order chi connectivity index (χ1) is 10.1. The Balaban J connectivity index is 2.64. The molecule has 10 heteroatoms. The topological polar surface area (TPSA) is 52.6 Å². The number of amides is 2. The molecule has 2 amide bonds. The molecule has 0 heterocycles. The van der Waals surface area contributed by atoms with Crippen LogP contribution in [-0.4, -0.2) is 47.7 Å². The maximum Gasteiger partial charge on any atom is 0.416 e. The molecule has 0 radical (unpaired) electrons. The Labute approximate surface area is 127 Å². The molecule has 2 N–H and O–H groups in total. The van der Waals surface area contributed by atoms with Gasteiger partial charge in [-0.25, -0.2) is 4.79 Å². The van der Waals surface area contributed by atoms with Crippen LogP contribution in [0.5, 0.6) is 0 Å². The van der Waals surface area contributed by atoms with Crippen LogP contribution in [0, 0.1) is 0 Å². The molecule has 0 aromatic heterocycles. The van der Waals surface area contributed by atoms with Crippen LogP contribution in [0.1, 0.15) is 0 Å². The lowest BCUT2D eigenvalue weighted by molar-refractivity contribution is -0.205. The van der Waals surface area contributed by atoms with Crippen molar-refractivity contribution < 1.29 is 31.9 Å². The summed E-state index contributed by atoms with van der Waals surface area (Å²) >= 11 is 0.275. The number of nitrogens with zero attached hydrogens (tertiary/aromatic N) is 1. The molecule has 0 aliphatic rings. The molecule has 4 nitrogen and oxygen atoms in total. The second-order valence-corrected chi connectivity index (χ2v) is 5.34. The number of thioether (sulfide) groups is 1. The molecule has 0 aliphatic heterocycles. The van der Waals surface area contributed by atoms with Crippen molar-refractivity contribution in [3.63, 3.8) is 0 Å². The fraction of sp³-hybridized carbons (Fsp3) is 0.417. The van der Waals surface area contributed by atoms with Crippen LogP contribution < -0.4 is 5.32 Å². The molecule has 22 heavy (non-hydrogen) atoms. The Morgan fingerprint density at radius 1 is 1.41 bits per heavy atom. The molecule has 0 aliphatic carbocycles. The normalized spacial score (nSPS) is 13.1. The van der Waals surface area contributed by atoms with Crippen LogP contribution in [0.4, 0.5) is 32.4 Å². The summed E-state index contributed by atoms with van der Waals surface area (Å²) < 4.78 is 61.0. The van der Waals surface area contributed by atoms with Crippen molar-refractivity contribution in [3.8, 4) is 0 Å². The number of alkyl halides is 5. The van der Waals surface area contributed by atoms with Gasteiger partial charge in [-0.2, -0.15) is 22.0 Å². The molecule has 1 aromatic carbocycles. The quantitative estimate of drug-likeness (QED) is 0.636. The number of likely N-dealkylation sites (N-methyl/N-ethyl adjacent to an activating group) is 1. The summed E-state index contributed by atoms with van der Waals surface area (Å²) in [5.74, 6) is -2.63. The number of halogens is 5. The number of urea groups is 1. The maximum absolute atomic E-state index is 12.2. The van der Waals surface area contributed by atoms with Crippen molar-refractivity contribution in [1.82, 2.24) is 4.90 Å². The van der Waals surface area contributed by atoms with Gasteiger partial charge in [-0.3, -0.25) is 0 Å². The first kappa shape index (κ1) is 18.5. The van der Waals surface area contributed by atoms with E-state index in [0.717, 1.165) is 7.05 Å². The highest BCUT2D eigenvalue weighted by Gasteiger charge is 2.39. The molecule has 0 bridgehead atoms. The smallest absolute Gasteiger partial charge is 0.382 e. The van der Waals surface area contributed by atoms with Crippen LogP contribution in [0.3, 0.4) is 0 Å². The number of rotatable bonds is 5. The first-order valence-corrected chi connectivity index (χ1v) is 6.79. The molecule has 0 saturated heterocycles. The van der Waals surface area contributed by atoms with Crippen molar-refractivity contribution in [2.75, 3.05) is 18.9 Å². The minimum absolute atomic E-state index is 0.156. The Morgan fingerprint density at radius 2 is 2.05 bits per heavy atom. The summed E-state index contributed by atoms with van der Waals surface area (Å²) in [4.78, 5) is 12.5. The minimum atomic E-state index is -4.83. The second-order valence-electron chi connectivity index (χ2n) is 4.27. The summed E-state index contributed by atoms with van der Waals surface area (Å²) in [6.07, 6.45) is -7.49. The number of aliphatic hydroxyl groups excluding tert-OH is 1. The van der Waals surface area contributed by atoms with E-state index < -0.39 is 30.6 Å². The zero-order chi connectivity index (χ0) is 16.9. The fourth-order valence-electron chi connectivity index (χ4n) is 1.41. The third-order valence-electron chi connectivity index (χ3n) is 2.48. The van der Waals surface area contributed by atoms with Gasteiger partial charge in [0.1, 0.15) is 0 Å². The fourth-order valence-corrected chi connectivity index (χ4v) is 1.97. The minimum Gasteiger partial charge on any atom is -0.382 e. The molecule has 124 valence electrons. The molecular weight excluding hydrogens is 331 g/mol. The highest BCUT2D eigenvalue weighted by Crippen LogP contribution is 2.27. The lowest BCUT2D eigenvalue weighted by Crippen LogP contribution is -2.43. The number of anilines is 1. The Bertz CT molecular complexity index is 513. The van der Waals surface area contributed by atoms with Crippen LogP contribution in [0.25, 0.3) is 0 Å². The Morgan fingerprint density at radius 3 is 2.59 bits per heavy atom. The zero-order valence-electron chi connectivity index (χ0n) is 11.3. The van der Waals surface area contributed by atoms with Gasteiger partial charge in [0.05, 0.1) is 6.54 Å². The van der Waals surface area contributed by atoms with Gasteiger partial charge in [0.2, 0.25) is 0 Å². The van der Waals surface area contributed by atoms with E-state index in [1.165, 1.54) is 24.3 Å². The molecule has 0 spiro atoms. The van der Waals surface area contributed by atoms with E-state index in [-0.39, 0.29) is 22.3 Å². The highest BCUT2D eigenvalue weighted by molar-refractivity contribution is 7.99. The average molecular weight is 344 g/mol. The monoisotopic (exact) mass is 344 g/mol. The van der Waals surface area contributed by atoms with E-state index in [2.05, 4.69) is 5.32 Å². The Kier molecular flexibility index (Phi) is 6.42. The summed E-state index contributed by atoms with van der Waals surface area (Å²) in [7, 11) is 1.07. The van der Waals surface area contributed by atoms with E-state index in [4.69, 9.17) is 5.11 Å². The van der Waals surface area contributed by atoms with E-state index in [9.17, 15) is 26.7 Å². The molecule has 1 rings (SSSR count). The number of carbonyl (C=O) groups is 1. The van der Waals surface area contributed by atoms with E-state index in [1.54, 1.807) is 0 Å². The average Bonchev–Trinajstić information content (AvgIpc) is 2.36. The van der Waals surface area contributed by atoms with Gasteiger partial charge in [-0.1, -0.05) is 17.8 Å². The largest absolute Gasteiger partial charge is 0.416 e. The van der Waals surface area contributed by atoms with E-state index in [1.807, 2.05) is 0 Å². The van der Waals surface area contributed by atoms with Gasteiger partial charge < -0.3 is 15.3 Å². The van der Waals surface area contributed by atoms with Gasteiger partial charge in [-0.05, 0) is 18.2 Å². The second kappa shape index (κ2) is 7.63. The number of hydrogen-bond acceptors (Lipinski definition) is 3. The van der Waals surface area contributed by atoms with E-state index >= 15 is 0 Å². The summed E-state index contributed by atoms with van der Waals surface area (Å²) in [6.45, 7) is -0.944. The maximum atomic E-state index is 12.2. The zero-order valence-corrected chi connectivity index (χ0v) is 12.1. The van der Waals surface area contributed by atoms with Crippen LogP contribution >= 0.6 is 11.8 Å². The van der Waals surface area contributed by atoms with Crippen molar-refractivity contribution in [3.05, 3.63) is 24.3 Å². The van der Waals surface area contributed by atoms with Crippen LogP contribution in [0.2, 0.25) is 0 Å². The van der Waals surface area contributed by atoms with Gasteiger partial charge in [0.15, 0.2) is 6.10 Å². The SMILES string of the molecule is CN(CC(O)C(F)(F)F)C(=O)Nc1cccc(SC(F)F)c1. The first-order valence-electron chi connectivity index (χ1n) is 5.91. The highest BCUT2D eigenvalue weighted by atomic mass is 32.2. The lowest BCUT2D eigenvalue weighted by Gasteiger charge is -2.22. The van der Waals surface area contributed by atoms with Gasteiger partial charge in [0.25, 0.3) is 5.76 Å². The third kappa shape index (κ3) is 6.06. The number of nitrogens with one attached hydrogen (secondary N) is 1. The van der Waals surface area contributed by atoms with Gasteiger partial charge >= 0.3 is 12.2 Å². The van der Waals surface area contributed by atoms with E-state index in [0.29, 0.717) is 4.90 Å². The van der Waals surface area contributed by atoms with Crippen LogP contribution in [-0.2, 0) is 0 Å². The molecule has 1 unspecified atom stereocenters. The number of carbonyl (C=O) groups excluding carboxylic acids is 1. The summed E-state index contributed by atoms with van der Waals surface area (Å²) in [6, 6.07) is 4.60. The third-order valence-corrected chi connectivity index (χ3v) is 3.19. The molecular formula is C12H13F5N2O2S. The van der Waals surface area contributed by atoms with Crippen molar-refractivity contribution >= 4 is 23.5 Å². The lowest BCUT2D eigenvalue weighted by atomic mass is 10.3. The molecule has 0 fully saturated rings. The molecule has 0 saturated carbocycles. The van der Waals surface area contributed by atoms with Crippen LogP contribution in [0.15, 0.2) is 29.2 Å². The number of benzene rings is 1. The molecule has 1 aromatic rings. The summed E-state index contributed by atoms with van der Waals surface area (Å²) in [5.41, 5.74) is 0.156. The number of hydrogen-bond donors (Lipinski definition) is 2. The van der Waals surface area contributed by atoms with Crippen molar-refractivity contribution in [2.24, 2.45) is 0 Å². The Hall–Kier alpha value is -1.55. The van der Waals surface area contributed by atoms with Crippen molar-refractivity contribution in [2.45, 2.75) is 22.9 Å². The van der Waals surface area contributed by atoms with Gasteiger partial charge in [-0.15, -0.1) is 0 Å². The standard InChI is InChI=1S/C12H13F5N2O2S/c1-19(6-9(20)12(15,16)17)11(21)18-7-3-2-4-8(5-7)22-10(13)14/h2-5,9-10,20H,6H2,1H3,(H,18,21). The van der Waals surface area contributed by atoms with Crippen molar-refractivity contribution in [1.29, 1.82) is 0 Å². The summed E-state index contributed by atoms with van der Waals surface area (Å²) in [5, 5.41) is 11.1. The predicted octanol–water partition coefficient (Wildman–Crippen LogP) is 3.39. The van der Waals surface area contributed by atoms with Gasteiger partial charge in [0, 0.05) is 17.6 Å². The predicted molar refractivity (Wildman–Crippen MR) is 72.0 cm³/mol. The molecule has 1 atom stereocenters.